The Morgan fingerprint density at radius 2 is 2.24 bits per heavy atom. The molecule has 2 rings (SSSR count). The van der Waals surface area contributed by atoms with Crippen LogP contribution in [0.4, 0.5) is 0 Å². The average Bonchev–Trinajstić information content (AvgIpc) is 3.31. The largest absolute Gasteiger partial charge is 0.396 e. The fourth-order valence-corrected chi connectivity index (χ4v) is 2.52. The molecule has 4 heteroatoms. The number of aliphatic hydroxyl groups is 1. The van der Waals surface area contributed by atoms with Gasteiger partial charge >= 0.3 is 0 Å². The number of aliphatic hydroxyl groups excluding tert-OH is 1. The van der Waals surface area contributed by atoms with E-state index in [0.29, 0.717) is 17.9 Å². The molecule has 0 spiro atoms. The van der Waals surface area contributed by atoms with Gasteiger partial charge in [-0.1, -0.05) is 12.1 Å². The van der Waals surface area contributed by atoms with Crippen LogP contribution in [0.2, 0.25) is 0 Å². The number of carbonyl (C=O) groups excluding carboxylic acids is 1. The van der Waals surface area contributed by atoms with Crippen molar-refractivity contribution >= 4 is 5.91 Å². The van der Waals surface area contributed by atoms with E-state index in [2.05, 4.69) is 11.4 Å². The van der Waals surface area contributed by atoms with E-state index >= 15 is 0 Å². The van der Waals surface area contributed by atoms with Crippen molar-refractivity contribution in [3.8, 4) is 6.07 Å². The molecule has 1 aliphatic rings. The molecule has 1 atom stereocenters. The van der Waals surface area contributed by atoms with Gasteiger partial charge in [0.1, 0.15) is 0 Å². The SMILES string of the molecule is CC(C)(C(=O)NC(CCO)C1CC1)c1cccc(C#N)c1. The normalized spacial score (nSPS) is 16.1. The second kappa shape index (κ2) is 6.28. The molecule has 1 aromatic rings. The summed E-state index contributed by atoms with van der Waals surface area (Å²) < 4.78 is 0. The smallest absolute Gasteiger partial charge is 0.230 e. The summed E-state index contributed by atoms with van der Waals surface area (Å²) in [4.78, 5) is 12.6. The van der Waals surface area contributed by atoms with Crippen molar-refractivity contribution in [1.82, 2.24) is 5.32 Å². The van der Waals surface area contributed by atoms with Gasteiger partial charge in [0.2, 0.25) is 5.91 Å². The van der Waals surface area contributed by atoms with E-state index in [1.165, 1.54) is 0 Å². The van der Waals surface area contributed by atoms with E-state index in [1.807, 2.05) is 19.9 Å². The molecule has 1 saturated carbocycles. The van der Waals surface area contributed by atoms with Crippen LogP contribution in [0.5, 0.6) is 0 Å². The van der Waals surface area contributed by atoms with Gasteiger partial charge in [-0.05, 0) is 56.7 Å². The van der Waals surface area contributed by atoms with Crippen molar-refractivity contribution in [3.05, 3.63) is 35.4 Å². The van der Waals surface area contributed by atoms with Crippen LogP contribution in [0.15, 0.2) is 24.3 Å². The minimum atomic E-state index is -0.699. The first-order valence-electron chi connectivity index (χ1n) is 7.41. The summed E-state index contributed by atoms with van der Waals surface area (Å²) in [6.45, 7) is 3.81. The number of amides is 1. The highest BCUT2D eigenvalue weighted by Gasteiger charge is 2.36. The maximum atomic E-state index is 12.6. The second-order valence-electron chi connectivity index (χ2n) is 6.25. The molecular weight excluding hydrogens is 264 g/mol. The zero-order chi connectivity index (χ0) is 15.5. The number of hydrogen-bond donors (Lipinski definition) is 2. The fourth-order valence-electron chi connectivity index (χ4n) is 2.52. The van der Waals surface area contributed by atoms with E-state index in [-0.39, 0.29) is 18.6 Å². The first-order valence-corrected chi connectivity index (χ1v) is 7.41. The molecular formula is C17H22N2O2. The summed E-state index contributed by atoms with van der Waals surface area (Å²) in [5, 5.41) is 21.2. The van der Waals surface area contributed by atoms with Gasteiger partial charge in [0.15, 0.2) is 0 Å². The van der Waals surface area contributed by atoms with Crippen LogP contribution in [0.1, 0.15) is 44.2 Å². The molecule has 0 saturated heterocycles. The second-order valence-corrected chi connectivity index (χ2v) is 6.25. The Kier molecular flexibility index (Phi) is 4.64. The molecule has 1 amide bonds. The quantitative estimate of drug-likeness (QED) is 0.841. The van der Waals surface area contributed by atoms with Gasteiger partial charge in [0.25, 0.3) is 0 Å². The monoisotopic (exact) mass is 286 g/mol. The highest BCUT2D eigenvalue weighted by atomic mass is 16.3. The maximum absolute atomic E-state index is 12.6. The van der Waals surface area contributed by atoms with Crippen molar-refractivity contribution in [2.45, 2.75) is 44.6 Å². The van der Waals surface area contributed by atoms with Crippen LogP contribution < -0.4 is 5.32 Å². The first-order chi connectivity index (χ1) is 9.98. The molecule has 0 bridgehead atoms. The number of nitriles is 1. The number of carbonyl (C=O) groups is 1. The molecule has 1 aromatic carbocycles. The predicted molar refractivity (Wildman–Crippen MR) is 80.5 cm³/mol. The lowest BCUT2D eigenvalue weighted by atomic mass is 9.82. The molecule has 1 unspecified atom stereocenters. The molecule has 1 fully saturated rings. The summed E-state index contributed by atoms with van der Waals surface area (Å²) in [6.07, 6.45) is 2.84. The van der Waals surface area contributed by atoms with E-state index in [1.54, 1.807) is 18.2 Å². The first kappa shape index (κ1) is 15.5. The Morgan fingerprint density at radius 1 is 1.52 bits per heavy atom. The van der Waals surface area contributed by atoms with Crippen LogP contribution in [0, 0.1) is 17.2 Å². The lowest BCUT2D eigenvalue weighted by molar-refractivity contribution is -0.126. The number of benzene rings is 1. The Morgan fingerprint density at radius 3 is 2.81 bits per heavy atom. The Labute approximate surface area is 125 Å². The minimum Gasteiger partial charge on any atom is -0.396 e. The number of rotatable bonds is 6. The minimum absolute atomic E-state index is 0.0528. The molecule has 0 aliphatic heterocycles. The predicted octanol–water partition coefficient (Wildman–Crippen LogP) is 2.11. The third-order valence-corrected chi connectivity index (χ3v) is 4.23. The van der Waals surface area contributed by atoms with Gasteiger partial charge < -0.3 is 10.4 Å². The molecule has 2 N–H and O–H groups in total. The van der Waals surface area contributed by atoms with Crippen LogP contribution in [0.25, 0.3) is 0 Å². The van der Waals surface area contributed by atoms with Crippen molar-refractivity contribution in [2.75, 3.05) is 6.61 Å². The topological polar surface area (TPSA) is 73.1 Å². The molecule has 0 aromatic heterocycles. The zero-order valence-corrected chi connectivity index (χ0v) is 12.6. The fraction of sp³-hybridized carbons (Fsp3) is 0.529. The zero-order valence-electron chi connectivity index (χ0n) is 12.6. The summed E-state index contributed by atoms with van der Waals surface area (Å²) >= 11 is 0. The number of hydrogen-bond acceptors (Lipinski definition) is 3. The number of nitrogens with one attached hydrogen (secondary N) is 1. The Bertz CT molecular complexity index is 556. The summed E-state index contributed by atoms with van der Waals surface area (Å²) in [7, 11) is 0. The molecule has 1 aliphatic carbocycles. The standard InChI is InChI=1S/C17H22N2O2/c1-17(2,14-5-3-4-12(10-14)11-18)16(21)19-15(8-9-20)13-6-7-13/h3-5,10,13,15,20H,6-9H2,1-2H3,(H,19,21). The van der Waals surface area contributed by atoms with Crippen molar-refractivity contribution < 1.29 is 9.90 Å². The summed E-state index contributed by atoms with van der Waals surface area (Å²) in [5.41, 5.74) is 0.690. The Balaban J connectivity index is 2.13. The van der Waals surface area contributed by atoms with E-state index in [4.69, 9.17) is 10.4 Å². The molecule has 0 radical (unpaired) electrons. The Hall–Kier alpha value is -1.86. The van der Waals surface area contributed by atoms with Crippen molar-refractivity contribution in [1.29, 1.82) is 5.26 Å². The lowest BCUT2D eigenvalue weighted by Crippen LogP contribution is -2.46. The molecule has 112 valence electrons. The van der Waals surface area contributed by atoms with E-state index in [0.717, 1.165) is 18.4 Å². The van der Waals surface area contributed by atoms with Gasteiger partial charge in [0, 0.05) is 12.6 Å². The molecule has 4 nitrogen and oxygen atoms in total. The van der Waals surface area contributed by atoms with E-state index < -0.39 is 5.41 Å². The third kappa shape index (κ3) is 3.62. The van der Waals surface area contributed by atoms with Crippen molar-refractivity contribution in [3.63, 3.8) is 0 Å². The van der Waals surface area contributed by atoms with Gasteiger partial charge in [-0.25, -0.2) is 0 Å². The van der Waals surface area contributed by atoms with E-state index in [9.17, 15) is 4.79 Å². The highest BCUT2D eigenvalue weighted by Crippen LogP contribution is 2.34. The van der Waals surface area contributed by atoms with Crippen LogP contribution in [-0.4, -0.2) is 23.7 Å². The van der Waals surface area contributed by atoms with Crippen LogP contribution >= 0.6 is 0 Å². The van der Waals surface area contributed by atoms with Crippen LogP contribution in [0.3, 0.4) is 0 Å². The summed E-state index contributed by atoms with van der Waals surface area (Å²) in [5.74, 6) is 0.449. The molecule has 0 heterocycles. The highest BCUT2D eigenvalue weighted by molar-refractivity contribution is 5.87. The van der Waals surface area contributed by atoms with Gasteiger partial charge in [0.05, 0.1) is 17.0 Å². The number of nitrogens with zero attached hydrogens (tertiary/aromatic N) is 1. The lowest BCUT2D eigenvalue weighted by Gasteiger charge is -2.28. The van der Waals surface area contributed by atoms with Gasteiger partial charge in [-0.2, -0.15) is 5.26 Å². The average molecular weight is 286 g/mol. The maximum Gasteiger partial charge on any atom is 0.230 e. The van der Waals surface area contributed by atoms with Crippen LogP contribution in [-0.2, 0) is 10.2 Å². The van der Waals surface area contributed by atoms with Gasteiger partial charge in [-0.3, -0.25) is 4.79 Å². The summed E-state index contributed by atoms with van der Waals surface area (Å²) in [6, 6.07) is 9.33. The molecule has 21 heavy (non-hydrogen) atoms. The third-order valence-electron chi connectivity index (χ3n) is 4.23. The van der Waals surface area contributed by atoms with Crippen molar-refractivity contribution in [2.24, 2.45) is 5.92 Å². The van der Waals surface area contributed by atoms with Gasteiger partial charge in [-0.15, -0.1) is 0 Å².